The zero-order valence-electron chi connectivity index (χ0n) is 22.6. The molecule has 0 aromatic heterocycles. The highest BCUT2D eigenvalue weighted by molar-refractivity contribution is 5.99. The third kappa shape index (κ3) is 7.73. The summed E-state index contributed by atoms with van der Waals surface area (Å²) in [5, 5.41) is 5.56. The van der Waals surface area contributed by atoms with Gasteiger partial charge in [-0.2, -0.15) is 0 Å². The molecule has 0 bridgehead atoms. The predicted octanol–water partition coefficient (Wildman–Crippen LogP) is 5.14. The minimum Gasteiger partial charge on any atom is -0.497 e. The Morgan fingerprint density at radius 1 is 1.00 bits per heavy atom. The Morgan fingerprint density at radius 3 is 2.08 bits per heavy atom. The number of carbonyl (C=O) groups is 3. The molecule has 2 aromatic carbocycles. The van der Waals surface area contributed by atoms with Gasteiger partial charge in [0.2, 0.25) is 5.91 Å². The molecule has 0 aliphatic heterocycles. The third-order valence-electron chi connectivity index (χ3n) is 5.58. The van der Waals surface area contributed by atoms with Crippen LogP contribution in [0.15, 0.2) is 42.5 Å². The molecule has 3 amide bonds. The maximum Gasteiger partial charge on any atom is 0.408 e. The summed E-state index contributed by atoms with van der Waals surface area (Å²) in [7, 11) is 1.57. The molecule has 0 fully saturated rings. The number of rotatable bonds is 9. The van der Waals surface area contributed by atoms with Crippen molar-refractivity contribution in [1.29, 1.82) is 0 Å². The fraction of sp³-hybridized carbons (Fsp3) is 0.464. The summed E-state index contributed by atoms with van der Waals surface area (Å²) in [4.78, 5) is 41.3. The number of hydrogen-bond acceptors (Lipinski definition) is 5. The van der Waals surface area contributed by atoms with Gasteiger partial charge in [-0.25, -0.2) is 4.79 Å². The summed E-state index contributed by atoms with van der Waals surface area (Å²) >= 11 is 0. The van der Waals surface area contributed by atoms with Gasteiger partial charge in [-0.3, -0.25) is 9.59 Å². The molecule has 0 saturated heterocycles. The molecule has 36 heavy (non-hydrogen) atoms. The van der Waals surface area contributed by atoms with Crippen LogP contribution >= 0.6 is 0 Å². The number of nitrogens with zero attached hydrogens (tertiary/aromatic N) is 1. The van der Waals surface area contributed by atoms with Crippen LogP contribution in [0.25, 0.3) is 0 Å². The molecule has 0 spiro atoms. The number of methoxy groups -OCH3 is 1. The van der Waals surface area contributed by atoms with E-state index in [1.54, 1.807) is 59.1 Å². The Labute approximate surface area is 214 Å². The maximum absolute atomic E-state index is 13.8. The SMILES string of the molecule is CCCN(C(=O)C(C)NC(=O)OC(C)(C)C)C(C(=O)Nc1ccc(OC)cc1)c1c(C)cccc1C. The van der Waals surface area contributed by atoms with E-state index >= 15 is 0 Å². The molecule has 2 N–H and O–H groups in total. The lowest BCUT2D eigenvalue weighted by molar-refractivity contribution is -0.140. The summed E-state index contributed by atoms with van der Waals surface area (Å²) < 4.78 is 10.5. The van der Waals surface area contributed by atoms with Crippen LogP contribution in [0, 0.1) is 13.8 Å². The van der Waals surface area contributed by atoms with Crippen molar-refractivity contribution in [3.8, 4) is 5.75 Å². The Hall–Kier alpha value is -3.55. The standard InChI is InChI=1S/C28H39N3O5/c1-9-17-31(26(33)20(4)29-27(34)36-28(5,6)7)24(23-18(2)11-10-12-19(23)3)25(32)30-21-13-15-22(35-8)16-14-21/h10-16,20,24H,9,17H2,1-8H3,(H,29,34)(H,30,32). The fourth-order valence-corrected chi connectivity index (χ4v) is 3.97. The van der Waals surface area contributed by atoms with Crippen molar-refractivity contribution in [2.45, 2.75) is 72.6 Å². The van der Waals surface area contributed by atoms with Gasteiger partial charge in [0.15, 0.2) is 0 Å². The highest BCUT2D eigenvalue weighted by atomic mass is 16.6. The summed E-state index contributed by atoms with van der Waals surface area (Å²) in [5.74, 6) is -0.0480. The molecule has 2 unspecified atom stereocenters. The van der Waals surface area contributed by atoms with Gasteiger partial charge in [-0.05, 0) is 88.9 Å². The second kappa shape index (κ2) is 12.4. The first-order valence-corrected chi connectivity index (χ1v) is 12.2. The number of nitrogens with one attached hydrogen (secondary N) is 2. The highest BCUT2D eigenvalue weighted by Crippen LogP contribution is 2.30. The van der Waals surface area contributed by atoms with Gasteiger partial charge in [0.25, 0.3) is 5.91 Å². The molecule has 0 heterocycles. The van der Waals surface area contributed by atoms with Crippen molar-refractivity contribution < 1.29 is 23.9 Å². The first kappa shape index (κ1) is 28.7. The number of carbonyl (C=O) groups excluding carboxylic acids is 3. The molecule has 8 heteroatoms. The average molecular weight is 498 g/mol. The van der Waals surface area contributed by atoms with Crippen LogP contribution in [0.1, 0.15) is 63.8 Å². The Bertz CT molecular complexity index is 1040. The van der Waals surface area contributed by atoms with Crippen molar-refractivity contribution in [3.63, 3.8) is 0 Å². The van der Waals surface area contributed by atoms with Gasteiger partial charge < -0.3 is 25.0 Å². The van der Waals surface area contributed by atoms with E-state index in [1.807, 2.05) is 39.0 Å². The average Bonchev–Trinajstić information content (AvgIpc) is 2.79. The van der Waals surface area contributed by atoms with Gasteiger partial charge in [0.05, 0.1) is 7.11 Å². The molecule has 2 aromatic rings. The summed E-state index contributed by atoms with van der Waals surface area (Å²) in [6.07, 6.45) is -0.0617. The quantitative estimate of drug-likeness (QED) is 0.500. The van der Waals surface area contributed by atoms with Gasteiger partial charge in [-0.15, -0.1) is 0 Å². The third-order valence-corrected chi connectivity index (χ3v) is 5.58. The normalized spacial score (nSPS) is 12.8. The molecule has 0 aliphatic rings. The van der Waals surface area contributed by atoms with Crippen LogP contribution in [-0.4, -0.2) is 48.1 Å². The minimum absolute atomic E-state index is 0.327. The lowest BCUT2D eigenvalue weighted by Crippen LogP contribution is -2.51. The molecule has 8 nitrogen and oxygen atoms in total. The second-order valence-corrected chi connectivity index (χ2v) is 9.83. The van der Waals surface area contributed by atoms with E-state index in [4.69, 9.17) is 9.47 Å². The zero-order chi connectivity index (χ0) is 27.0. The zero-order valence-corrected chi connectivity index (χ0v) is 22.6. The van der Waals surface area contributed by atoms with Crippen molar-refractivity contribution >= 4 is 23.6 Å². The highest BCUT2D eigenvalue weighted by Gasteiger charge is 2.35. The van der Waals surface area contributed by atoms with E-state index < -0.39 is 23.8 Å². The van der Waals surface area contributed by atoms with E-state index in [9.17, 15) is 14.4 Å². The first-order chi connectivity index (χ1) is 16.9. The number of benzene rings is 2. The van der Waals surface area contributed by atoms with Crippen LogP contribution in [0.2, 0.25) is 0 Å². The summed E-state index contributed by atoms with van der Waals surface area (Å²) in [6.45, 7) is 13.0. The Balaban J connectivity index is 2.45. The molecule has 0 radical (unpaired) electrons. The van der Waals surface area contributed by atoms with Crippen molar-refractivity contribution in [1.82, 2.24) is 10.2 Å². The Kier molecular flexibility index (Phi) is 9.90. The van der Waals surface area contributed by atoms with E-state index in [2.05, 4.69) is 10.6 Å². The van der Waals surface area contributed by atoms with E-state index in [1.165, 1.54) is 4.90 Å². The molecular formula is C28H39N3O5. The second-order valence-electron chi connectivity index (χ2n) is 9.83. The van der Waals surface area contributed by atoms with Crippen LogP contribution in [0.3, 0.4) is 0 Å². The van der Waals surface area contributed by atoms with Crippen LogP contribution in [0.4, 0.5) is 10.5 Å². The number of alkyl carbamates (subject to hydrolysis) is 1. The van der Waals surface area contributed by atoms with E-state index in [0.29, 0.717) is 24.4 Å². The molecule has 0 saturated carbocycles. The van der Waals surface area contributed by atoms with Crippen LogP contribution in [0.5, 0.6) is 5.75 Å². The van der Waals surface area contributed by atoms with E-state index in [-0.39, 0.29) is 11.8 Å². The van der Waals surface area contributed by atoms with Crippen LogP contribution < -0.4 is 15.4 Å². The lowest BCUT2D eigenvalue weighted by Gasteiger charge is -2.35. The molecule has 2 atom stereocenters. The van der Waals surface area contributed by atoms with Gasteiger partial charge in [0.1, 0.15) is 23.4 Å². The maximum atomic E-state index is 13.8. The fourth-order valence-electron chi connectivity index (χ4n) is 3.97. The minimum atomic E-state index is -0.899. The monoisotopic (exact) mass is 497 g/mol. The molecular weight excluding hydrogens is 458 g/mol. The summed E-state index contributed by atoms with van der Waals surface area (Å²) in [5.41, 5.74) is 2.43. The molecule has 0 aliphatic carbocycles. The molecule has 2 rings (SSSR count). The lowest BCUT2D eigenvalue weighted by atomic mass is 9.93. The van der Waals surface area contributed by atoms with Gasteiger partial charge >= 0.3 is 6.09 Å². The number of aryl methyl sites for hydroxylation is 2. The summed E-state index contributed by atoms with van der Waals surface area (Å²) in [6, 6.07) is 11.0. The topological polar surface area (TPSA) is 97.0 Å². The Morgan fingerprint density at radius 2 is 1.58 bits per heavy atom. The largest absolute Gasteiger partial charge is 0.497 e. The predicted molar refractivity (Wildman–Crippen MR) is 141 cm³/mol. The number of anilines is 1. The van der Waals surface area contributed by atoms with Crippen molar-refractivity contribution in [2.75, 3.05) is 19.0 Å². The number of ether oxygens (including phenoxy) is 2. The number of hydrogen-bond donors (Lipinski definition) is 2. The molecule has 196 valence electrons. The number of amides is 3. The van der Waals surface area contributed by atoms with Gasteiger partial charge in [0, 0.05) is 12.2 Å². The van der Waals surface area contributed by atoms with Gasteiger partial charge in [-0.1, -0.05) is 25.1 Å². The van der Waals surface area contributed by atoms with Crippen molar-refractivity contribution in [3.05, 3.63) is 59.2 Å². The smallest absolute Gasteiger partial charge is 0.408 e. The first-order valence-electron chi connectivity index (χ1n) is 12.2. The van der Waals surface area contributed by atoms with E-state index in [0.717, 1.165) is 16.7 Å². The van der Waals surface area contributed by atoms with Crippen LogP contribution in [-0.2, 0) is 14.3 Å². The van der Waals surface area contributed by atoms with Crippen molar-refractivity contribution in [2.24, 2.45) is 0 Å².